The summed E-state index contributed by atoms with van der Waals surface area (Å²) in [5.41, 5.74) is 1.56. The number of amides is 1. The lowest BCUT2D eigenvalue weighted by molar-refractivity contribution is -0.122. The molecule has 31 heavy (non-hydrogen) atoms. The Labute approximate surface area is 188 Å². The van der Waals surface area contributed by atoms with Crippen molar-refractivity contribution in [1.29, 1.82) is 0 Å². The van der Waals surface area contributed by atoms with Gasteiger partial charge in [-0.1, -0.05) is 83.3 Å². The molecule has 1 fully saturated rings. The third-order valence-corrected chi connectivity index (χ3v) is 6.26. The van der Waals surface area contributed by atoms with Gasteiger partial charge in [0.05, 0.1) is 6.61 Å². The summed E-state index contributed by atoms with van der Waals surface area (Å²) in [6.45, 7) is 3.85. The highest BCUT2D eigenvalue weighted by atomic mass is 16.5. The van der Waals surface area contributed by atoms with Gasteiger partial charge in [0, 0.05) is 13.0 Å². The number of unbranched alkanes of at least 4 members (excludes halogenated alkanes) is 9. The predicted octanol–water partition coefficient (Wildman–Crippen LogP) is 7.14. The van der Waals surface area contributed by atoms with Crippen molar-refractivity contribution >= 4 is 17.8 Å². The Morgan fingerprint density at radius 3 is 2.29 bits per heavy atom. The number of ether oxygens (including phenoxy) is 1. The van der Waals surface area contributed by atoms with E-state index in [1.807, 2.05) is 35.2 Å². The van der Waals surface area contributed by atoms with Gasteiger partial charge in [-0.3, -0.25) is 9.69 Å². The highest BCUT2D eigenvalue weighted by Gasteiger charge is 2.30. The molecule has 170 valence electrons. The zero-order valence-corrected chi connectivity index (χ0v) is 19.4. The lowest BCUT2D eigenvalue weighted by Gasteiger charge is -2.14. The van der Waals surface area contributed by atoms with Gasteiger partial charge >= 0.3 is 0 Å². The molecule has 0 N–H and O–H groups in total. The fourth-order valence-electron chi connectivity index (χ4n) is 4.35. The van der Waals surface area contributed by atoms with E-state index in [0.717, 1.165) is 56.0 Å². The minimum atomic E-state index is 0.0539. The summed E-state index contributed by atoms with van der Waals surface area (Å²) in [6.07, 6.45) is 19.5. The maximum atomic E-state index is 12.6. The molecule has 2 aliphatic heterocycles. The van der Waals surface area contributed by atoms with Crippen LogP contribution in [0, 0.1) is 0 Å². The molecule has 0 radical (unpaired) electrons. The third-order valence-electron chi connectivity index (χ3n) is 6.26. The van der Waals surface area contributed by atoms with Gasteiger partial charge in [-0.25, -0.2) is 4.99 Å². The van der Waals surface area contributed by atoms with Crippen LogP contribution in [0.4, 0.5) is 0 Å². The average Bonchev–Trinajstić information content (AvgIpc) is 2.94. The SMILES string of the molecule is CCCCCCCCCCCCOc1ccc(C=C2N=C3CCCCCN3C2=O)cc1. The molecule has 1 amide bonds. The van der Waals surface area contributed by atoms with Crippen molar-refractivity contribution in [3.63, 3.8) is 0 Å². The highest BCUT2D eigenvalue weighted by Crippen LogP contribution is 2.24. The van der Waals surface area contributed by atoms with Crippen molar-refractivity contribution < 1.29 is 9.53 Å². The van der Waals surface area contributed by atoms with Gasteiger partial charge in [0.25, 0.3) is 5.91 Å². The van der Waals surface area contributed by atoms with Crippen molar-refractivity contribution in [2.75, 3.05) is 13.2 Å². The Kier molecular flexibility index (Phi) is 10.1. The number of amidine groups is 1. The number of nitrogens with zero attached hydrogens (tertiary/aromatic N) is 2. The maximum Gasteiger partial charge on any atom is 0.277 e. The van der Waals surface area contributed by atoms with Crippen molar-refractivity contribution in [1.82, 2.24) is 4.90 Å². The van der Waals surface area contributed by atoms with Crippen molar-refractivity contribution in [2.24, 2.45) is 4.99 Å². The Morgan fingerprint density at radius 2 is 1.58 bits per heavy atom. The molecular weight excluding hydrogens is 384 g/mol. The number of hydrogen-bond donors (Lipinski definition) is 0. The summed E-state index contributed by atoms with van der Waals surface area (Å²) in [5.74, 6) is 1.90. The molecule has 1 aromatic rings. The molecule has 0 aliphatic carbocycles. The summed E-state index contributed by atoms with van der Waals surface area (Å²) in [7, 11) is 0. The largest absolute Gasteiger partial charge is 0.494 e. The molecule has 0 aromatic heterocycles. The van der Waals surface area contributed by atoms with Gasteiger partial charge in [-0.05, 0) is 43.0 Å². The van der Waals surface area contributed by atoms with E-state index in [1.165, 1.54) is 64.2 Å². The summed E-state index contributed by atoms with van der Waals surface area (Å²) < 4.78 is 5.89. The number of carbonyl (C=O) groups excluding carboxylic acids is 1. The predicted molar refractivity (Wildman–Crippen MR) is 129 cm³/mol. The number of carbonyl (C=O) groups is 1. The van der Waals surface area contributed by atoms with Gasteiger partial charge in [-0.2, -0.15) is 0 Å². The monoisotopic (exact) mass is 424 g/mol. The van der Waals surface area contributed by atoms with Crippen LogP contribution in [0.5, 0.6) is 5.75 Å². The quantitative estimate of drug-likeness (QED) is 0.249. The number of aliphatic imine (C=N–C) groups is 1. The molecular formula is C27H40N2O2. The van der Waals surface area contributed by atoms with Crippen LogP contribution in [-0.2, 0) is 4.79 Å². The first-order valence-electron chi connectivity index (χ1n) is 12.6. The number of hydrogen-bond acceptors (Lipinski definition) is 3. The first kappa shape index (κ1) is 23.6. The second-order valence-electron chi connectivity index (χ2n) is 8.92. The Morgan fingerprint density at radius 1 is 0.903 bits per heavy atom. The van der Waals surface area contributed by atoms with Crippen LogP contribution in [0.15, 0.2) is 35.0 Å². The van der Waals surface area contributed by atoms with Crippen LogP contribution in [0.3, 0.4) is 0 Å². The van der Waals surface area contributed by atoms with E-state index < -0.39 is 0 Å². The molecule has 1 saturated heterocycles. The number of fused-ring (bicyclic) bond motifs is 1. The highest BCUT2D eigenvalue weighted by molar-refractivity contribution is 6.14. The van der Waals surface area contributed by atoms with E-state index in [9.17, 15) is 4.79 Å². The normalized spacial score (nSPS) is 17.6. The summed E-state index contributed by atoms with van der Waals surface area (Å²) in [4.78, 5) is 19.1. The first-order valence-corrected chi connectivity index (χ1v) is 12.6. The number of rotatable bonds is 13. The minimum absolute atomic E-state index is 0.0539. The number of benzene rings is 1. The third kappa shape index (κ3) is 7.83. The zero-order chi connectivity index (χ0) is 21.7. The maximum absolute atomic E-state index is 12.6. The van der Waals surface area contributed by atoms with Crippen LogP contribution >= 0.6 is 0 Å². The molecule has 0 atom stereocenters. The van der Waals surface area contributed by atoms with Gasteiger partial charge in [0.1, 0.15) is 17.3 Å². The Hall–Kier alpha value is -2.10. The summed E-state index contributed by atoms with van der Waals surface area (Å²) in [6, 6.07) is 8.01. The van der Waals surface area contributed by atoms with Gasteiger partial charge < -0.3 is 4.74 Å². The molecule has 2 aliphatic rings. The van der Waals surface area contributed by atoms with E-state index in [-0.39, 0.29) is 5.91 Å². The zero-order valence-electron chi connectivity index (χ0n) is 19.4. The van der Waals surface area contributed by atoms with Crippen LogP contribution in [0.2, 0.25) is 0 Å². The van der Waals surface area contributed by atoms with E-state index in [0.29, 0.717) is 5.70 Å². The molecule has 2 heterocycles. The van der Waals surface area contributed by atoms with Gasteiger partial charge in [0.2, 0.25) is 0 Å². The molecule has 3 rings (SSSR count). The Bertz CT molecular complexity index is 736. The molecule has 0 unspecified atom stereocenters. The fourth-order valence-corrected chi connectivity index (χ4v) is 4.35. The molecule has 0 spiro atoms. The van der Waals surface area contributed by atoms with Crippen LogP contribution in [0.25, 0.3) is 6.08 Å². The molecule has 1 aromatic carbocycles. The van der Waals surface area contributed by atoms with E-state index >= 15 is 0 Å². The Balaban J connectivity index is 1.33. The second kappa shape index (κ2) is 13.3. The van der Waals surface area contributed by atoms with Crippen LogP contribution in [-0.4, -0.2) is 29.8 Å². The minimum Gasteiger partial charge on any atom is -0.494 e. The van der Waals surface area contributed by atoms with Crippen LogP contribution < -0.4 is 4.74 Å². The molecule has 4 heteroatoms. The van der Waals surface area contributed by atoms with E-state index in [4.69, 9.17) is 4.74 Å². The fraction of sp³-hybridized carbons (Fsp3) is 0.630. The van der Waals surface area contributed by atoms with Crippen molar-refractivity contribution in [3.8, 4) is 5.75 Å². The lowest BCUT2D eigenvalue weighted by Crippen LogP contribution is -2.31. The van der Waals surface area contributed by atoms with E-state index in [1.54, 1.807) is 0 Å². The summed E-state index contributed by atoms with van der Waals surface area (Å²) in [5, 5.41) is 0. The van der Waals surface area contributed by atoms with Crippen molar-refractivity contribution in [3.05, 3.63) is 35.5 Å². The summed E-state index contributed by atoms with van der Waals surface area (Å²) >= 11 is 0. The molecule has 4 nitrogen and oxygen atoms in total. The standard InChI is InChI=1S/C27H40N2O2/c1-2-3-4-5-6-7-8-9-10-14-21-31-24-18-16-23(17-19-24)22-25-27(30)29-20-13-11-12-15-26(29)28-25/h16-19,22H,2-15,20-21H2,1H3. The first-order chi connectivity index (χ1) is 15.3. The van der Waals surface area contributed by atoms with Crippen LogP contribution in [0.1, 0.15) is 102 Å². The lowest BCUT2D eigenvalue weighted by atomic mass is 10.1. The average molecular weight is 425 g/mol. The molecule has 0 bridgehead atoms. The topological polar surface area (TPSA) is 41.9 Å². The molecule has 0 saturated carbocycles. The van der Waals surface area contributed by atoms with Crippen molar-refractivity contribution in [2.45, 2.75) is 96.8 Å². The second-order valence-corrected chi connectivity index (χ2v) is 8.92. The van der Waals surface area contributed by atoms with Gasteiger partial charge in [0.15, 0.2) is 0 Å². The van der Waals surface area contributed by atoms with Gasteiger partial charge in [-0.15, -0.1) is 0 Å². The van der Waals surface area contributed by atoms with E-state index in [2.05, 4.69) is 11.9 Å². The smallest absolute Gasteiger partial charge is 0.277 e.